The zero-order valence-electron chi connectivity index (χ0n) is 12.8. The maximum absolute atomic E-state index is 9.51. The minimum Gasteiger partial charge on any atom is -0.393 e. The molecule has 2 N–H and O–H groups in total. The van der Waals surface area contributed by atoms with Crippen LogP contribution in [0.2, 0.25) is 0 Å². The van der Waals surface area contributed by atoms with E-state index in [9.17, 15) is 5.11 Å². The Balaban J connectivity index is 1.76. The van der Waals surface area contributed by atoms with Gasteiger partial charge >= 0.3 is 0 Å². The highest BCUT2D eigenvalue weighted by Gasteiger charge is 2.21. The van der Waals surface area contributed by atoms with Crippen molar-refractivity contribution in [2.45, 2.75) is 45.8 Å². The van der Waals surface area contributed by atoms with Gasteiger partial charge in [0, 0.05) is 25.3 Å². The molecule has 0 saturated heterocycles. The number of rotatable bonds is 7. The number of hydrogen-bond donors (Lipinski definition) is 2. The van der Waals surface area contributed by atoms with Gasteiger partial charge in [-0.3, -0.25) is 0 Å². The van der Waals surface area contributed by atoms with Crippen LogP contribution in [0.15, 0.2) is 24.3 Å². The fourth-order valence-electron chi connectivity index (χ4n) is 3.07. The summed E-state index contributed by atoms with van der Waals surface area (Å²) in [6.07, 6.45) is 3.04. The van der Waals surface area contributed by atoms with Gasteiger partial charge in [0.2, 0.25) is 0 Å². The van der Waals surface area contributed by atoms with Crippen molar-refractivity contribution in [3.8, 4) is 0 Å². The maximum Gasteiger partial charge on any atom is 0.0543 e. The minimum absolute atomic E-state index is 0.0600. The van der Waals surface area contributed by atoms with Crippen LogP contribution in [0.5, 0.6) is 0 Å². The molecule has 1 aromatic rings. The molecule has 0 aliphatic heterocycles. The van der Waals surface area contributed by atoms with Crippen LogP contribution in [-0.2, 0) is 6.54 Å². The number of hydrogen-bond acceptors (Lipinski definition) is 3. The molecule has 1 fully saturated rings. The molecule has 1 aliphatic carbocycles. The van der Waals surface area contributed by atoms with Gasteiger partial charge in [0.15, 0.2) is 0 Å². The molecule has 0 radical (unpaired) electrons. The largest absolute Gasteiger partial charge is 0.393 e. The molecule has 1 aliphatic rings. The van der Waals surface area contributed by atoms with Crippen molar-refractivity contribution in [2.24, 2.45) is 5.92 Å². The first-order valence-electron chi connectivity index (χ1n) is 7.95. The first kappa shape index (κ1) is 15.3. The van der Waals surface area contributed by atoms with Crippen molar-refractivity contribution in [3.05, 3.63) is 29.8 Å². The van der Waals surface area contributed by atoms with Crippen LogP contribution in [0.1, 0.15) is 38.7 Å². The van der Waals surface area contributed by atoms with Gasteiger partial charge in [-0.25, -0.2) is 0 Å². The second-order valence-electron chi connectivity index (χ2n) is 5.80. The number of nitrogens with one attached hydrogen (secondary N) is 1. The van der Waals surface area contributed by atoms with E-state index in [4.69, 9.17) is 0 Å². The Kier molecular flexibility index (Phi) is 5.86. The van der Waals surface area contributed by atoms with Gasteiger partial charge in [0.1, 0.15) is 0 Å². The molecule has 0 aromatic heterocycles. The third-order valence-corrected chi connectivity index (χ3v) is 4.34. The Hall–Kier alpha value is -1.06. The highest BCUT2D eigenvalue weighted by atomic mass is 16.3. The Morgan fingerprint density at radius 3 is 2.40 bits per heavy atom. The van der Waals surface area contributed by atoms with Crippen molar-refractivity contribution >= 4 is 5.69 Å². The Labute approximate surface area is 123 Å². The van der Waals surface area contributed by atoms with Crippen LogP contribution in [0.25, 0.3) is 0 Å². The lowest BCUT2D eigenvalue weighted by molar-refractivity contribution is 0.177. The molecule has 2 atom stereocenters. The zero-order valence-corrected chi connectivity index (χ0v) is 12.8. The third kappa shape index (κ3) is 4.22. The normalized spacial score (nSPS) is 22.1. The van der Waals surface area contributed by atoms with Gasteiger partial charge in [-0.1, -0.05) is 12.1 Å². The Morgan fingerprint density at radius 2 is 1.85 bits per heavy atom. The summed E-state index contributed by atoms with van der Waals surface area (Å²) in [5.74, 6) is 0.653. The van der Waals surface area contributed by atoms with E-state index >= 15 is 0 Å². The van der Waals surface area contributed by atoms with Gasteiger partial charge in [-0.05, 0) is 63.3 Å². The van der Waals surface area contributed by atoms with Crippen molar-refractivity contribution < 1.29 is 5.11 Å². The Morgan fingerprint density at radius 1 is 1.15 bits per heavy atom. The molecule has 2 unspecified atom stereocenters. The van der Waals surface area contributed by atoms with Gasteiger partial charge in [-0.15, -0.1) is 0 Å². The summed E-state index contributed by atoms with van der Waals surface area (Å²) in [7, 11) is 0. The van der Waals surface area contributed by atoms with Crippen LogP contribution in [0, 0.1) is 5.92 Å². The minimum atomic E-state index is -0.0600. The van der Waals surface area contributed by atoms with Crippen LogP contribution < -0.4 is 10.2 Å². The standard InChI is InChI=1S/C17H28N2O/c1-3-19(4-2)16-8-5-14(6-9-16)12-18-13-15-7-10-17(20)11-15/h5-6,8-9,15,17-18,20H,3-4,7,10-13H2,1-2H3. The zero-order chi connectivity index (χ0) is 14.4. The van der Waals surface area contributed by atoms with Crippen LogP contribution in [0.4, 0.5) is 5.69 Å². The highest BCUT2D eigenvalue weighted by Crippen LogP contribution is 2.24. The molecule has 0 heterocycles. The van der Waals surface area contributed by atoms with Gasteiger partial charge in [-0.2, -0.15) is 0 Å². The number of nitrogens with zero attached hydrogens (tertiary/aromatic N) is 1. The van der Waals surface area contributed by atoms with E-state index in [0.717, 1.165) is 45.4 Å². The summed E-state index contributed by atoms with van der Waals surface area (Å²) in [5.41, 5.74) is 2.64. The molecule has 1 aromatic carbocycles. The van der Waals surface area contributed by atoms with E-state index < -0.39 is 0 Å². The maximum atomic E-state index is 9.51. The molecule has 3 heteroatoms. The molecule has 0 spiro atoms. The third-order valence-electron chi connectivity index (χ3n) is 4.34. The average molecular weight is 276 g/mol. The summed E-state index contributed by atoms with van der Waals surface area (Å²) in [6, 6.07) is 8.85. The van der Waals surface area contributed by atoms with E-state index in [2.05, 4.69) is 48.3 Å². The van der Waals surface area contributed by atoms with E-state index in [1.165, 1.54) is 11.3 Å². The average Bonchev–Trinajstić information content (AvgIpc) is 2.87. The quantitative estimate of drug-likeness (QED) is 0.804. The summed E-state index contributed by atoms with van der Waals surface area (Å²) < 4.78 is 0. The van der Waals surface area contributed by atoms with Crippen LogP contribution >= 0.6 is 0 Å². The van der Waals surface area contributed by atoms with E-state index in [-0.39, 0.29) is 6.10 Å². The molecule has 0 amide bonds. The van der Waals surface area contributed by atoms with Crippen LogP contribution in [0.3, 0.4) is 0 Å². The second kappa shape index (κ2) is 7.65. The fraction of sp³-hybridized carbons (Fsp3) is 0.647. The van der Waals surface area contributed by atoms with Crippen molar-refractivity contribution in [1.82, 2.24) is 5.32 Å². The summed E-state index contributed by atoms with van der Waals surface area (Å²) >= 11 is 0. The van der Waals surface area contributed by atoms with Crippen LogP contribution in [-0.4, -0.2) is 30.8 Å². The van der Waals surface area contributed by atoms with E-state index in [0.29, 0.717) is 5.92 Å². The smallest absolute Gasteiger partial charge is 0.0543 e. The molecule has 20 heavy (non-hydrogen) atoms. The number of anilines is 1. The lowest BCUT2D eigenvalue weighted by Crippen LogP contribution is -2.22. The second-order valence-corrected chi connectivity index (χ2v) is 5.80. The van der Waals surface area contributed by atoms with Crippen molar-refractivity contribution in [1.29, 1.82) is 0 Å². The fourth-order valence-corrected chi connectivity index (χ4v) is 3.07. The predicted octanol–water partition coefficient (Wildman–Crippen LogP) is 2.78. The van der Waals surface area contributed by atoms with Gasteiger partial charge in [0.25, 0.3) is 0 Å². The summed E-state index contributed by atoms with van der Waals surface area (Å²) in [5, 5.41) is 13.0. The lowest BCUT2D eigenvalue weighted by Gasteiger charge is -2.21. The van der Waals surface area contributed by atoms with E-state index in [1.54, 1.807) is 0 Å². The number of aliphatic hydroxyl groups is 1. The predicted molar refractivity (Wildman–Crippen MR) is 85.1 cm³/mol. The van der Waals surface area contributed by atoms with Gasteiger partial charge in [0.05, 0.1) is 6.10 Å². The van der Waals surface area contributed by atoms with E-state index in [1.807, 2.05) is 0 Å². The molecular weight excluding hydrogens is 248 g/mol. The number of aliphatic hydroxyl groups excluding tert-OH is 1. The molecular formula is C17H28N2O. The lowest BCUT2D eigenvalue weighted by atomic mass is 10.1. The molecule has 0 bridgehead atoms. The number of benzene rings is 1. The summed E-state index contributed by atoms with van der Waals surface area (Å²) in [6.45, 7) is 8.43. The monoisotopic (exact) mass is 276 g/mol. The SMILES string of the molecule is CCN(CC)c1ccc(CNCC2CCC(O)C2)cc1. The highest BCUT2D eigenvalue weighted by molar-refractivity contribution is 5.47. The molecule has 2 rings (SSSR count). The first-order chi connectivity index (χ1) is 9.72. The topological polar surface area (TPSA) is 35.5 Å². The molecule has 1 saturated carbocycles. The molecule has 112 valence electrons. The Bertz CT molecular complexity index is 386. The van der Waals surface area contributed by atoms with Crippen molar-refractivity contribution in [2.75, 3.05) is 24.5 Å². The summed E-state index contributed by atoms with van der Waals surface area (Å²) in [4.78, 5) is 2.36. The van der Waals surface area contributed by atoms with Crippen molar-refractivity contribution in [3.63, 3.8) is 0 Å². The van der Waals surface area contributed by atoms with Gasteiger partial charge < -0.3 is 15.3 Å². The molecule has 3 nitrogen and oxygen atoms in total. The first-order valence-corrected chi connectivity index (χ1v) is 7.95.